The van der Waals surface area contributed by atoms with E-state index in [-0.39, 0.29) is 11.7 Å². The first kappa shape index (κ1) is 16.7. The predicted molar refractivity (Wildman–Crippen MR) is 93.2 cm³/mol. The summed E-state index contributed by atoms with van der Waals surface area (Å²) in [7, 11) is 0. The summed E-state index contributed by atoms with van der Waals surface area (Å²) in [6.07, 6.45) is 8.38. The molecule has 1 aromatic carbocycles. The Kier molecular flexibility index (Phi) is 5.02. The van der Waals surface area contributed by atoms with Gasteiger partial charge in [0.2, 0.25) is 0 Å². The molecule has 1 aliphatic carbocycles. The van der Waals surface area contributed by atoms with E-state index >= 15 is 0 Å². The number of nitrogens with zero attached hydrogens (tertiary/aromatic N) is 2. The first-order valence-corrected chi connectivity index (χ1v) is 8.89. The smallest absolute Gasteiger partial charge is 0.321 e. The number of likely N-dealkylation sites (tertiary alicyclic amines) is 1. The van der Waals surface area contributed by atoms with E-state index in [0.29, 0.717) is 23.2 Å². The molecule has 1 saturated carbocycles. The minimum atomic E-state index is -0.411. The topological polar surface area (TPSA) is 75.5 Å². The van der Waals surface area contributed by atoms with E-state index in [9.17, 15) is 14.9 Å². The van der Waals surface area contributed by atoms with E-state index < -0.39 is 4.92 Å². The summed E-state index contributed by atoms with van der Waals surface area (Å²) in [5.41, 5.74) is 1.13. The normalized spacial score (nSPS) is 21.7. The van der Waals surface area contributed by atoms with E-state index in [1.54, 1.807) is 19.1 Å². The third kappa shape index (κ3) is 3.52. The van der Waals surface area contributed by atoms with Gasteiger partial charge in [-0.2, -0.15) is 0 Å². The monoisotopic (exact) mass is 331 g/mol. The number of benzene rings is 1. The van der Waals surface area contributed by atoms with Crippen LogP contribution in [0.15, 0.2) is 18.2 Å². The van der Waals surface area contributed by atoms with Gasteiger partial charge >= 0.3 is 6.03 Å². The van der Waals surface area contributed by atoms with Crippen LogP contribution in [0, 0.1) is 23.0 Å². The molecule has 6 heteroatoms. The SMILES string of the molecule is Cc1ccc(NC(=O)N2CCCC2C2CCCCC2)cc1[N+](=O)[O-]. The second kappa shape index (κ2) is 7.20. The van der Waals surface area contributed by atoms with Crippen LogP contribution in [0.25, 0.3) is 0 Å². The zero-order valence-electron chi connectivity index (χ0n) is 14.2. The minimum Gasteiger partial charge on any atom is -0.321 e. The maximum absolute atomic E-state index is 12.7. The number of carbonyl (C=O) groups is 1. The number of amides is 2. The molecule has 0 aromatic heterocycles. The summed E-state index contributed by atoms with van der Waals surface area (Å²) < 4.78 is 0. The summed E-state index contributed by atoms with van der Waals surface area (Å²) in [6.45, 7) is 2.48. The molecule has 0 bridgehead atoms. The molecule has 3 rings (SSSR count). The van der Waals surface area contributed by atoms with E-state index in [2.05, 4.69) is 5.32 Å². The van der Waals surface area contributed by atoms with Gasteiger partial charge in [-0.15, -0.1) is 0 Å². The zero-order valence-corrected chi connectivity index (χ0v) is 14.2. The lowest BCUT2D eigenvalue weighted by molar-refractivity contribution is -0.385. The van der Waals surface area contributed by atoms with Crippen LogP contribution in [0.4, 0.5) is 16.2 Å². The molecule has 1 atom stereocenters. The van der Waals surface area contributed by atoms with Gasteiger partial charge in [-0.25, -0.2) is 4.79 Å². The van der Waals surface area contributed by atoms with E-state index in [4.69, 9.17) is 0 Å². The highest BCUT2D eigenvalue weighted by atomic mass is 16.6. The van der Waals surface area contributed by atoms with Crippen molar-refractivity contribution in [3.05, 3.63) is 33.9 Å². The van der Waals surface area contributed by atoms with Gasteiger partial charge in [-0.3, -0.25) is 10.1 Å². The lowest BCUT2D eigenvalue weighted by atomic mass is 9.83. The summed E-state index contributed by atoms with van der Waals surface area (Å²) >= 11 is 0. The zero-order chi connectivity index (χ0) is 17.1. The maximum Gasteiger partial charge on any atom is 0.322 e. The van der Waals surface area contributed by atoms with Crippen LogP contribution in [-0.4, -0.2) is 28.4 Å². The van der Waals surface area contributed by atoms with E-state index in [1.165, 1.54) is 38.2 Å². The van der Waals surface area contributed by atoms with Crippen LogP contribution >= 0.6 is 0 Å². The Balaban J connectivity index is 1.69. The summed E-state index contributed by atoms with van der Waals surface area (Å²) in [4.78, 5) is 25.3. The van der Waals surface area contributed by atoms with Crippen LogP contribution in [0.2, 0.25) is 0 Å². The fraction of sp³-hybridized carbons (Fsp3) is 0.611. The van der Waals surface area contributed by atoms with Gasteiger partial charge in [-0.1, -0.05) is 25.3 Å². The number of rotatable bonds is 3. The molecule has 1 aromatic rings. The highest BCUT2D eigenvalue weighted by Crippen LogP contribution is 2.34. The van der Waals surface area contributed by atoms with Gasteiger partial charge in [0.25, 0.3) is 5.69 Å². The van der Waals surface area contributed by atoms with E-state index in [0.717, 1.165) is 19.4 Å². The molecule has 1 unspecified atom stereocenters. The Morgan fingerprint density at radius 2 is 1.96 bits per heavy atom. The van der Waals surface area contributed by atoms with Crippen molar-refractivity contribution < 1.29 is 9.72 Å². The molecule has 2 amide bonds. The van der Waals surface area contributed by atoms with Crippen molar-refractivity contribution in [3.63, 3.8) is 0 Å². The van der Waals surface area contributed by atoms with E-state index in [1.807, 2.05) is 4.90 Å². The molecule has 1 aliphatic heterocycles. The Morgan fingerprint density at radius 1 is 1.21 bits per heavy atom. The molecule has 130 valence electrons. The van der Waals surface area contributed by atoms with Crippen LogP contribution in [0.5, 0.6) is 0 Å². The Morgan fingerprint density at radius 3 is 2.67 bits per heavy atom. The molecule has 0 radical (unpaired) electrons. The molecular formula is C18H25N3O3. The van der Waals surface area contributed by atoms with Crippen molar-refractivity contribution in [2.75, 3.05) is 11.9 Å². The highest BCUT2D eigenvalue weighted by Gasteiger charge is 2.35. The largest absolute Gasteiger partial charge is 0.322 e. The number of carbonyl (C=O) groups excluding carboxylic acids is 1. The van der Waals surface area contributed by atoms with Crippen LogP contribution in [0.3, 0.4) is 0 Å². The van der Waals surface area contributed by atoms with Gasteiger partial charge < -0.3 is 10.2 Å². The number of aryl methyl sites for hydroxylation is 1. The lowest BCUT2D eigenvalue weighted by Gasteiger charge is -2.34. The molecule has 1 heterocycles. The van der Waals surface area contributed by atoms with Crippen molar-refractivity contribution in [2.24, 2.45) is 5.92 Å². The number of nitro benzene ring substituents is 1. The number of nitrogens with one attached hydrogen (secondary N) is 1. The molecule has 1 saturated heterocycles. The maximum atomic E-state index is 12.7. The van der Waals surface area contributed by atoms with Crippen molar-refractivity contribution in [2.45, 2.75) is 57.9 Å². The Hall–Kier alpha value is -2.11. The standard InChI is InChI=1S/C18H25N3O3/c1-13-9-10-15(12-17(13)21(23)24)19-18(22)20-11-5-8-16(20)14-6-3-2-4-7-14/h9-10,12,14,16H,2-8,11H2,1H3,(H,19,22). The second-order valence-electron chi connectivity index (χ2n) is 6.99. The summed E-state index contributed by atoms with van der Waals surface area (Å²) in [6, 6.07) is 5.05. The average molecular weight is 331 g/mol. The van der Waals surface area contributed by atoms with Crippen LogP contribution in [0.1, 0.15) is 50.5 Å². The summed E-state index contributed by atoms with van der Waals surface area (Å²) in [5, 5.41) is 13.9. The Labute approximate surface area is 142 Å². The molecular weight excluding hydrogens is 306 g/mol. The summed E-state index contributed by atoms with van der Waals surface area (Å²) in [5.74, 6) is 0.611. The van der Waals surface area contributed by atoms with Gasteiger partial charge in [0, 0.05) is 29.9 Å². The van der Waals surface area contributed by atoms with Crippen LogP contribution < -0.4 is 5.32 Å². The highest BCUT2D eigenvalue weighted by molar-refractivity contribution is 5.90. The van der Waals surface area contributed by atoms with Gasteiger partial charge in [-0.05, 0) is 44.6 Å². The predicted octanol–water partition coefficient (Wildman–Crippen LogP) is 4.48. The third-order valence-electron chi connectivity index (χ3n) is 5.41. The fourth-order valence-corrected chi connectivity index (χ4v) is 4.13. The van der Waals surface area contributed by atoms with Crippen LogP contribution in [-0.2, 0) is 0 Å². The number of nitro groups is 1. The number of anilines is 1. The second-order valence-corrected chi connectivity index (χ2v) is 6.99. The quantitative estimate of drug-likeness (QED) is 0.655. The molecule has 6 nitrogen and oxygen atoms in total. The third-order valence-corrected chi connectivity index (χ3v) is 5.41. The number of urea groups is 1. The van der Waals surface area contributed by atoms with Crippen molar-refractivity contribution in [1.29, 1.82) is 0 Å². The van der Waals surface area contributed by atoms with Gasteiger partial charge in [0.1, 0.15) is 0 Å². The molecule has 0 spiro atoms. The average Bonchev–Trinajstić information content (AvgIpc) is 3.07. The minimum absolute atomic E-state index is 0.0399. The van der Waals surface area contributed by atoms with Gasteiger partial charge in [0.05, 0.1) is 4.92 Å². The number of hydrogen-bond acceptors (Lipinski definition) is 3. The number of hydrogen-bond donors (Lipinski definition) is 1. The first-order chi connectivity index (χ1) is 11.6. The fourth-order valence-electron chi connectivity index (χ4n) is 4.13. The molecule has 2 aliphatic rings. The van der Waals surface area contributed by atoms with Crippen molar-refractivity contribution in [3.8, 4) is 0 Å². The molecule has 1 N–H and O–H groups in total. The first-order valence-electron chi connectivity index (χ1n) is 8.89. The van der Waals surface area contributed by atoms with Crippen molar-refractivity contribution >= 4 is 17.4 Å². The van der Waals surface area contributed by atoms with Gasteiger partial charge in [0.15, 0.2) is 0 Å². The molecule has 24 heavy (non-hydrogen) atoms. The van der Waals surface area contributed by atoms with Crippen molar-refractivity contribution in [1.82, 2.24) is 4.90 Å². The lowest BCUT2D eigenvalue weighted by Crippen LogP contribution is -2.43. The Bertz CT molecular complexity index is 626. The molecule has 2 fully saturated rings.